The number of amides is 2. The van der Waals surface area contributed by atoms with Gasteiger partial charge in [-0.25, -0.2) is 4.98 Å². The van der Waals surface area contributed by atoms with Gasteiger partial charge in [0.25, 0.3) is 11.8 Å². The molecule has 7 heteroatoms. The van der Waals surface area contributed by atoms with Gasteiger partial charge >= 0.3 is 0 Å². The largest absolute Gasteiger partial charge is 0.350 e. The molecule has 2 aromatic heterocycles. The molecule has 0 saturated carbocycles. The quantitative estimate of drug-likeness (QED) is 0.699. The van der Waals surface area contributed by atoms with Gasteiger partial charge in [-0.2, -0.15) is 0 Å². The second kappa shape index (κ2) is 7.80. The van der Waals surface area contributed by atoms with Gasteiger partial charge in [-0.1, -0.05) is 37.6 Å². The number of nitrogens with one attached hydrogen (secondary N) is 2. The highest BCUT2D eigenvalue weighted by molar-refractivity contribution is 6.31. The Morgan fingerprint density at radius 2 is 1.96 bits per heavy atom. The molecule has 0 unspecified atom stereocenters. The van der Waals surface area contributed by atoms with Gasteiger partial charge in [0.2, 0.25) is 0 Å². The lowest BCUT2D eigenvalue weighted by molar-refractivity contribution is 0.0944. The van der Waals surface area contributed by atoms with Crippen LogP contribution in [0.25, 0.3) is 5.65 Å². The molecule has 0 fully saturated rings. The number of benzene rings is 1. The van der Waals surface area contributed by atoms with Crippen molar-refractivity contribution in [3.8, 4) is 0 Å². The van der Waals surface area contributed by atoms with Crippen molar-refractivity contribution >= 4 is 34.9 Å². The Balaban J connectivity index is 1.99. The van der Waals surface area contributed by atoms with Crippen molar-refractivity contribution in [1.82, 2.24) is 14.7 Å². The van der Waals surface area contributed by atoms with E-state index in [0.717, 1.165) is 5.56 Å². The summed E-state index contributed by atoms with van der Waals surface area (Å²) in [5.74, 6) is -0.148. The van der Waals surface area contributed by atoms with Gasteiger partial charge < -0.3 is 10.6 Å². The molecular formula is C20H21ClN4O2. The van der Waals surface area contributed by atoms with E-state index in [-0.39, 0.29) is 17.6 Å². The highest BCUT2D eigenvalue weighted by Gasteiger charge is 2.21. The minimum atomic E-state index is -0.379. The van der Waals surface area contributed by atoms with Gasteiger partial charge in [0.15, 0.2) is 11.5 Å². The van der Waals surface area contributed by atoms with E-state index in [0.29, 0.717) is 34.4 Å². The van der Waals surface area contributed by atoms with Gasteiger partial charge in [-0.15, -0.1) is 0 Å². The van der Waals surface area contributed by atoms with Crippen molar-refractivity contribution in [3.63, 3.8) is 0 Å². The average molecular weight is 385 g/mol. The number of imidazole rings is 1. The minimum Gasteiger partial charge on any atom is -0.350 e. The summed E-state index contributed by atoms with van der Waals surface area (Å²) in [6, 6.07) is 10.3. The number of hydrogen-bond donors (Lipinski definition) is 2. The molecule has 140 valence electrons. The van der Waals surface area contributed by atoms with E-state index in [1.54, 1.807) is 28.7 Å². The Bertz CT molecular complexity index is 1010. The molecule has 2 amide bonds. The van der Waals surface area contributed by atoms with Crippen LogP contribution in [0.2, 0.25) is 5.02 Å². The normalized spacial score (nSPS) is 11.0. The third-order valence-corrected chi connectivity index (χ3v) is 4.21. The fourth-order valence-electron chi connectivity index (χ4n) is 2.64. The number of halogens is 1. The van der Waals surface area contributed by atoms with E-state index in [1.165, 1.54) is 0 Å². The van der Waals surface area contributed by atoms with Crippen LogP contribution in [-0.2, 0) is 0 Å². The lowest BCUT2D eigenvalue weighted by Gasteiger charge is -2.10. The number of fused-ring (bicyclic) bond motifs is 1. The Morgan fingerprint density at radius 1 is 1.19 bits per heavy atom. The predicted octanol–water partition coefficient (Wildman–Crippen LogP) is 3.93. The van der Waals surface area contributed by atoms with Crippen LogP contribution in [0.5, 0.6) is 0 Å². The van der Waals surface area contributed by atoms with E-state index in [1.807, 2.05) is 39.1 Å². The maximum Gasteiger partial charge on any atom is 0.272 e. The Labute approximate surface area is 162 Å². The predicted molar refractivity (Wildman–Crippen MR) is 107 cm³/mol. The summed E-state index contributed by atoms with van der Waals surface area (Å²) in [5, 5.41) is 6.09. The number of anilines is 1. The summed E-state index contributed by atoms with van der Waals surface area (Å²) in [6.07, 6.45) is 1.82. The van der Waals surface area contributed by atoms with Crippen molar-refractivity contribution in [2.75, 3.05) is 11.9 Å². The number of carbonyl (C=O) groups is 2. The topological polar surface area (TPSA) is 75.5 Å². The molecule has 0 spiro atoms. The molecule has 0 aliphatic rings. The molecular weight excluding hydrogens is 364 g/mol. The van der Waals surface area contributed by atoms with Crippen LogP contribution >= 0.6 is 11.6 Å². The second-order valence-corrected chi connectivity index (χ2v) is 7.25. The number of pyridine rings is 1. The van der Waals surface area contributed by atoms with E-state index < -0.39 is 0 Å². The summed E-state index contributed by atoms with van der Waals surface area (Å²) in [4.78, 5) is 29.8. The molecule has 1 aromatic carbocycles. The van der Waals surface area contributed by atoms with Crippen LogP contribution in [-0.4, -0.2) is 27.7 Å². The van der Waals surface area contributed by atoms with Gasteiger partial charge in [0, 0.05) is 23.3 Å². The number of rotatable bonds is 5. The average Bonchev–Trinajstić information content (AvgIpc) is 2.96. The Hall–Kier alpha value is -2.86. The van der Waals surface area contributed by atoms with Crippen LogP contribution in [0.15, 0.2) is 42.6 Å². The second-order valence-electron chi connectivity index (χ2n) is 6.81. The maximum atomic E-state index is 12.8. The van der Waals surface area contributed by atoms with Gasteiger partial charge in [0.1, 0.15) is 5.65 Å². The zero-order chi connectivity index (χ0) is 19.6. The SMILES string of the molecule is Cc1ccc2nc(NC(=O)c3cccc(Cl)c3)c(C(=O)NCC(C)C)n2c1. The van der Waals surface area contributed by atoms with Crippen LogP contribution in [0.4, 0.5) is 5.82 Å². The molecule has 0 radical (unpaired) electrons. The first-order valence-corrected chi connectivity index (χ1v) is 9.07. The third kappa shape index (κ3) is 4.28. The molecule has 6 nitrogen and oxygen atoms in total. The number of carbonyl (C=O) groups excluding carboxylic acids is 2. The highest BCUT2D eigenvalue weighted by Crippen LogP contribution is 2.20. The molecule has 2 N–H and O–H groups in total. The summed E-state index contributed by atoms with van der Waals surface area (Å²) < 4.78 is 1.69. The minimum absolute atomic E-state index is 0.215. The number of nitrogens with zero attached hydrogens (tertiary/aromatic N) is 2. The smallest absolute Gasteiger partial charge is 0.272 e. The monoisotopic (exact) mass is 384 g/mol. The Morgan fingerprint density at radius 3 is 2.67 bits per heavy atom. The molecule has 3 rings (SSSR count). The van der Waals surface area contributed by atoms with Crippen molar-refractivity contribution in [1.29, 1.82) is 0 Å². The van der Waals surface area contributed by atoms with Crippen LogP contribution < -0.4 is 10.6 Å². The van der Waals surface area contributed by atoms with Crippen LogP contribution in [0.3, 0.4) is 0 Å². The zero-order valence-corrected chi connectivity index (χ0v) is 16.2. The first-order valence-electron chi connectivity index (χ1n) is 8.69. The maximum absolute atomic E-state index is 12.8. The van der Waals surface area contributed by atoms with Gasteiger partial charge in [-0.3, -0.25) is 14.0 Å². The first kappa shape index (κ1) is 18.9. The van der Waals surface area contributed by atoms with Crippen LogP contribution in [0.1, 0.15) is 40.3 Å². The molecule has 0 aliphatic carbocycles. The van der Waals surface area contributed by atoms with Crippen molar-refractivity contribution < 1.29 is 9.59 Å². The lowest BCUT2D eigenvalue weighted by atomic mass is 10.2. The summed E-state index contributed by atoms with van der Waals surface area (Å²) in [6.45, 7) is 6.49. The van der Waals surface area contributed by atoms with Gasteiger partial charge in [0.05, 0.1) is 0 Å². The first-order chi connectivity index (χ1) is 12.8. The fourth-order valence-corrected chi connectivity index (χ4v) is 2.84. The zero-order valence-electron chi connectivity index (χ0n) is 15.4. The summed E-state index contributed by atoms with van der Waals surface area (Å²) in [7, 11) is 0. The Kier molecular flexibility index (Phi) is 5.46. The number of aromatic nitrogens is 2. The molecule has 0 saturated heterocycles. The summed E-state index contributed by atoms with van der Waals surface area (Å²) >= 11 is 5.96. The molecule has 27 heavy (non-hydrogen) atoms. The van der Waals surface area contributed by atoms with E-state index in [2.05, 4.69) is 15.6 Å². The number of hydrogen-bond acceptors (Lipinski definition) is 3. The molecule has 2 heterocycles. The molecule has 0 bridgehead atoms. The highest BCUT2D eigenvalue weighted by atomic mass is 35.5. The lowest BCUT2D eigenvalue weighted by Crippen LogP contribution is -2.29. The van der Waals surface area contributed by atoms with E-state index >= 15 is 0 Å². The van der Waals surface area contributed by atoms with E-state index in [4.69, 9.17) is 11.6 Å². The van der Waals surface area contributed by atoms with Crippen LogP contribution in [0, 0.1) is 12.8 Å². The standard InChI is InChI=1S/C20H21ClN4O2/c1-12(2)10-22-20(27)17-18(23-16-8-7-13(3)11-25(16)17)24-19(26)14-5-4-6-15(21)9-14/h4-9,11-12H,10H2,1-3H3,(H,22,27)(H,24,26). The molecule has 0 aliphatic heterocycles. The van der Waals surface area contributed by atoms with Crippen molar-refractivity contribution in [3.05, 3.63) is 64.4 Å². The summed E-state index contributed by atoms with van der Waals surface area (Å²) in [5.41, 5.74) is 2.25. The molecule has 3 aromatic rings. The fraction of sp³-hybridized carbons (Fsp3) is 0.250. The van der Waals surface area contributed by atoms with E-state index in [9.17, 15) is 9.59 Å². The third-order valence-electron chi connectivity index (χ3n) is 3.97. The van der Waals surface area contributed by atoms with Crippen molar-refractivity contribution in [2.24, 2.45) is 5.92 Å². The van der Waals surface area contributed by atoms with Crippen molar-refractivity contribution in [2.45, 2.75) is 20.8 Å². The van der Waals surface area contributed by atoms with Gasteiger partial charge in [-0.05, 0) is 42.7 Å². The molecule has 0 atom stereocenters. The number of aryl methyl sites for hydroxylation is 1.